The predicted molar refractivity (Wildman–Crippen MR) is 74.8 cm³/mol. The average molecular weight is 317 g/mol. The summed E-state index contributed by atoms with van der Waals surface area (Å²) in [5.41, 5.74) is 0.123. The number of aliphatic hydroxyl groups is 1. The van der Waals surface area contributed by atoms with E-state index in [1.165, 1.54) is 4.68 Å². The van der Waals surface area contributed by atoms with Crippen LogP contribution in [-0.4, -0.2) is 52.4 Å². The Morgan fingerprint density at radius 1 is 1.64 bits per heavy atom. The van der Waals surface area contributed by atoms with Gasteiger partial charge in [0.1, 0.15) is 11.9 Å². The van der Waals surface area contributed by atoms with E-state index < -0.39 is 17.1 Å². The molecule has 0 bridgehead atoms. The zero-order valence-electron chi connectivity index (χ0n) is 12.4. The third kappa shape index (κ3) is 3.36. The molecular formula is C13H20FN3O5. The maximum atomic E-state index is 14.1. The molecule has 22 heavy (non-hydrogen) atoms. The highest BCUT2D eigenvalue weighted by Crippen LogP contribution is 2.35. The monoisotopic (exact) mass is 317 g/mol. The lowest BCUT2D eigenvalue weighted by molar-refractivity contribution is -0.386. The molecule has 2 heterocycles. The van der Waals surface area contributed by atoms with Gasteiger partial charge in [-0.1, -0.05) is 6.92 Å². The average Bonchev–Trinajstić information content (AvgIpc) is 2.86. The highest BCUT2D eigenvalue weighted by molar-refractivity contribution is 5.46. The number of rotatable bonds is 7. The summed E-state index contributed by atoms with van der Waals surface area (Å²) < 4.78 is 25.8. The minimum Gasteiger partial charge on any atom is -0.472 e. The SMILES string of the molecule is CCc1c([N+](=O)[O-])c(OCCCO)nn1C1CCOC[C@@H]1F. The van der Waals surface area contributed by atoms with E-state index in [1.54, 1.807) is 6.92 Å². The highest BCUT2D eigenvalue weighted by Gasteiger charge is 2.35. The number of halogens is 1. The fourth-order valence-electron chi connectivity index (χ4n) is 2.52. The van der Waals surface area contributed by atoms with Gasteiger partial charge in [-0.2, -0.15) is 0 Å². The van der Waals surface area contributed by atoms with Crippen LogP contribution >= 0.6 is 0 Å². The summed E-state index contributed by atoms with van der Waals surface area (Å²) in [4.78, 5) is 10.8. The number of hydrogen-bond donors (Lipinski definition) is 1. The number of nitro groups is 1. The van der Waals surface area contributed by atoms with Crippen molar-refractivity contribution in [3.05, 3.63) is 15.8 Å². The number of hydrogen-bond acceptors (Lipinski definition) is 6. The lowest BCUT2D eigenvalue weighted by Gasteiger charge is -2.27. The smallest absolute Gasteiger partial charge is 0.353 e. The second-order valence-corrected chi connectivity index (χ2v) is 5.03. The zero-order valence-corrected chi connectivity index (χ0v) is 12.4. The topological polar surface area (TPSA) is 99.7 Å². The van der Waals surface area contributed by atoms with Crippen molar-refractivity contribution < 1.29 is 23.9 Å². The molecule has 1 aromatic heterocycles. The number of ether oxygens (including phenoxy) is 2. The summed E-state index contributed by atoms with van der Waals surface area (Å²) in [6, 6.07) is -0.586. The maximum absolute atomic E-state index is 14.1. The van der Waals surface area contributed by atoms with Gasteiger partial charge in [-0.3, -0.25) is 14.8 Å². The molecule has 1 aliphatic heterocycles. The molecule has 1 unspecified atom stereocenters. The Bertz CT molecular complexity index is 522. The molecule has 1 saturated heterocycles. The summed E-state index contributed by atoms with van der Waals surface area (Å²) >= 11 is 0. The van der Waals surface area contributed by atoms with Crippen molar-refractivity contribution in [1.82, 2.24) is 9.78 Å². The van der Waals surface area contributed by atoms with E-state index >= 15 is 0 Å². The highest BCUT2D eigenvalue weighted by atomic mass is 19.1. The first-order chi connectivity index (χ1) is 10.6. The van der Waals surface area contributed by atoms with Crippen LogP contribution in [0.3, 0.4) is 0 Å². The van der Waals surface area contributed by atoms with Gasteiger partial charge in [0.05, 0.1) is 24.2 Å². The van der Waals surface area contributed by atoms with Crippen molar-refractivity contribution in [2.75, 3.05) is 26.4 Å². The second kappa shape index (κ2) is 7.50. The van der Waals surface area contributed by atoms with Gasteiger partial charge < -0.3 is 14.6 Å². The Kier molecular flexibility index (Phi) is 5.67. The molecule has 2 rings (SSSR count). The summed E-state index contributed by atoms with van der Waals surface area (Å²) in [5.74, 6) is -0.117. The normalized spacial score (nSPS) is 21.8. The molecule has 2 atom stereocenters. The summed E-state index contributed by atoms with van der Waals surface area (Å²) in [5, 5.41) is 24.2. The lowest BCUT2D eigenvalue weighted by atomic mass is 10.1. The first-order valence-corrected chi connectivity index (χ1v) is 7.31. The van der Waals surface area contributed by atoms with Crippen molar-refractivity contribution >= 4 is 5.69 Å². The second-order valence-electron chi connectivity index (χ2n) is 5.03. The van der Waals surface area contributed by atoms with E-state index in [1.807, 2.05) is 0 Å². The van der Waals surface area contributed by atoms with E-state index in [4.69, 9.17) is 14.6 Å². The zero-order chi connectivity index (χ0) is 16.1. The lowest BCUT2D eigenvalue weighted by Crippen LogP contribution is -2.32. The Morgan fingerprint density at radius 3 is 3.00 bits per heavy atom. The molecule has 0 aliphatic carbocycles. The molecule has 0 saturated carbocycles. The minimum atomic E-state index is -1.26. The first kappa shape index (κ1) is 16.6. The van der Waals surface area contributed by atoms with Gasteiger partial charge in [0.25, 0.3) is 0 Å². The van der Waals surface area contributed by atoms with E-state index in [0.29, 0.717) is 31.6 Å². The minimum absolute atomic E-state index is 0.0395. The summed E-state index contributed by atoms with van der Waals surface area (Å²) in [7, 11) is 0. The van der Waals surface area contributed by atoms with Gasteiger partial charge in [0.2, 0.25) is 0 Å². The Labute approximate surface area is 127 Å². The molecule has 1 aliphatic rings. The molecule has 1 fully saturated rings. The molecule has 0 radical (unpaired) electrons. The van der Waals surface area contributed by atoms with Gasteiger partial charge in [-0.05, 0) is 12.8 Å². The molecule has 8 nitrogen and oxygen atoms in total. The van der Waals surface area contributed by atoms with Gasteiger partial charge in [-0.25, -0.2) is 4.39 Å². The van der Waals surface area contributed by atoms with Crippen LogP contribution < -0.4 is 4.74 Å². The first-order valence-electron chi connectivity index (χ1n) is 7.31. The van der Waals surface area contributed by atoms with Crippen LogP contribution in [0.5, 0.6) is 5.88 Å². The van der Waals surface area contributed by atoms with Crippen molar-refractivity contribution in [2.45, 2.75) is 38.4 Å². The van der Waals surface area contributed by atoms with Crippen molar-refractivity contribution in [3.8, 4) is 5.88 Å². The van der Waals surface area contributed by atoms with Crippen molar-refractivity contribution in [1.29, 1.82) is 0 Å². The Hall–Kier alpha value is -1.74. The van der Waals surface area contributed by atoms with Gasteiger partial charge in [-0.15, -0.1) is 5.10 Å². The van der Waals surface area contributed by atoms with Crippen LogP contribution in [0, 0.1) is 10.1 Å². The van der Waals surface area contributed by atoms with Crippen LogP contribution in [0.2, 0.25) is 0 Å². The van der Waals surface area contributed by atoms with Gasteiger partial charge in [0.15, 0.2) is 0 Å². The van der Waals surface area contributed by atoms with Crippen molar-refractivity contribution in [3.63, 3.8) is 0 Å². The van der Waals surface area contributed by atoms with Crippen LogP contribution in [0.15, 0.2) is 0 Å². The van der Waals surface area contributed by atoms with E-state index in [0.717, 1.165) is 0 Å². The van der Waals surface area contributed by atoms with E-state index in [9.17, 15) is 14.5 Å². The third-order valence-electron chi connectivity index (χ3n) is 3.58. The number of aliphatic hydroxyl groups excluding tert-OH is 1. The third-order valence-corrected chi connectivity index (χ3v) is 3.58. The largest absolute Gasteiger partial charge is 0.472 e. The molecule has 9 heteroatoms. The number of aromatic nitrogens is 2. The predicted octanol–water partition coefficient (Wildman–Crippen LogP) is 1.41. The Balaban J connectivity index is 2.36. The van der Waals surface area contributed by atoms with Crippen LogP contribution in [-0.2, 0) is 11.2 Å². The van der Waals surface area contributed by atoms with E-state index in [-0.39, 0.29) is 31.4 Å². The summed E-state index contributed by atoms with van der Waals surface area (Å²) in [6.07, 6.45) is -0.169. The molecule has 1 aromatic rings. The summed E-state index contributed by atoms with van der Waals surface area (Å²) in [6.45, 7) is 2.14. The van der Waals surface area contributed by atoms with Crippen molar-refractivity contribution in [2.24, 2.45) is 0 Å². The molecular weight excluding hydrogens is 297 g/mol. The molecule has 1 N–H and O–H groups in total. The molecule has 124 valence electrons. The van der Waals surface area contributed by atoms with Crippen LogP contribution in [0.4, 0.5) is 10.1 Å². The maximum Gasteiger partial charge on any atom is 0.353 e. The standard InChI is InChI=1S/C13H20FN3O5/c1-2-10-12(17(19)20)13(22-6-3-5-18)15-16(10)11-4-7-21-8-9(11)14/h9,11,18H,2-8H2,1H3/t9-,11?/m0/s1. The molecule has 0 aromatic carbocycles. The van der Waals surface area contributed by atoms with E-state index in [2.05, 4.69) is 5.10 Å². The van der Waals surface area contributed by atoms with Gasteiger partial charge >= 0.3 is 11.6 Å². The van der Waals surface area contributed by atoms with Crippen LogP contribution in [0.1, 0.15) is 31.5 Å². The quantitative estimate of drug-likeness (QED) is 0.464. The molecule has 0 amide bonds. The Morgan fingerprint density at radius 2 is 2.41 bits per heavy atom. The van der Waals surface area contributed by atoms with Crippen LogP contribution in [0.25, 0.3) is 0 Å². The fourth-order valence-corrected chi connectivity index (χ4v) is 2.52. The number of nitrogens with zero attached hydrogens (tertiary/aromatic N) is 3. The fraction of sp³-hybridized carbons (Fsp3) is 0.769. The van der Waals surface area contributed by atoms with Gasteiger partial charge in [0, 0.05) is 19.6 Å². The number of alkyl halides is 1. The molecule has 0 spiro atoms.